The Hall–Kier alpha value is -1.32. The Morgan fingerprint density at radius 1 is 1.26 bits per heavy atom. The van der Waals surface area contributed by atoms with E-state index in [2.05, 4.69) is 39.0 Å². The predicted molar refractivity (Wildman–Crippen MR) is 76.9 cm³/mol. The summed E-state index contributed by atoms with van der Waals surface area (Å²) >= 11 is 0. The van der Waals surface area contributed by atoms with Crippen LogP contribution in [0.15, 0.2) is 0 Å². The van der Waals surface area contributed by atoms with Crippen LogP contribution in [0.5, 0.6) is 0 Å². The second-order valence-electron chi connectivity index (χ2n) is 5.63. The van der Waals surface area contributed by atoms with Crippen molar-refractivity contribution in [1.82, 2.24) is 14.5 Å². The average molecular weight is 264 g/mol. The van der Waals surface area contributed by atoms with Gasteiger partial charge in [0, 0.05) is 30.7 Å². The summed E-state index contributed by atoms with van der Waals surface area (Å²) in [5, 5.41) is 0. The second kappa shape index (κ2) is 6.73. The van der Waals surface area contributed by atoms with E-state index in [4.69, 9.17) is 0 Å². The van der Waals surface area contributed by atoms with E-state index >= 15 is 0 Å². The minimum Gasteiger partial charge on any atom is -0.338 e. The van der Waals surface area contributed by atoms with Crippen molar-refractivity contribution in [1.29, 1.82) is 0 Å². The maximum Gasteiger partial charge on any atom is 0.223 e. The molecule has 1 rings (SSSR count). The van der Waals surface area contributed by atoms with E-state index in [0.717, 1.165) is 24.4 Å². The first-order chi connectivity index (χ1) is 8.84. The SMILES string of the molecule is Cc1n[c]n(CCCC(=O)N(C(C)C)C(C)C)c1C. The lowest BCUT2D eigenvalue weighted by Crippen LogP contribution is -2.42. The number of aromatic nitrogens is 2. The first-order valence-corrected chi connectivity index (χ1v) is 7.07. The highest BCUT2D eigenvalue weighted by Crippen LogP contribution is 2.10. The molecule has 1 amide bonds. The topological polar surface area (TPSA) is 38.1 Å². The standard InChI is InChI=1S/C15H26N3O/c1-11(2)18(12(3)4)15(19)8-7-9-17-10-16-13(5)14(17)6/h11-12H,7-9H2,1-6H3. The lowest BCUT2D eigenvalue weighted by Gasteiger charge is -2.30. The Labute approximate surface area is 116 Å². The van der Waals surface area contributed by atoms with Gasteiger partial charge < -0.3 is 9.47 Å². The fraction of sp³-hybridized carbons (Fsp3) is 0.733. The molecule has 1 aromatic heterocycles. The molecule has 4 nitrogen and oxygen atoms in total. The van der Waals surface area contributed by atoms with E-state index in [0.29, 0.717) is 6.42 Å². The van der Waals surface area contributed by atoms with Gasteiger partial charge in [-0.05, 0) is 48.0 Å². The molecule has 0 atom stereocenters. The minimum atomic E-state index is 0.236. The summed E-state index contributed by atoms with van der Waals surface area (Å²) in [5.74, 6) is 0.236. The molecule has 0 bridgehead atoms. The molecular formula is C15H26N3O. The number of amides is 1. The van der Waals surface area contributed by atoms with E-state index in [1.807, 2.05) is 23.3 Å². The molecule has 0 saturated carbocycles. The highest BCUT2D eigenvalue weighted by atomic mass is 16.2. The van der Waals surface area contributed by atoms with E-state index in [-0.39, 0.29) is 18.0 Å². The largest absolute Gasteiger partial charge is 0.338 e. The Morgan fingerprint density at radius 2 is 1.84 bits per heavy atom. The monoisotopic (exact) mass is 264 g/mol. The molecule has 19 heavy (non-hydrogen) atoms. The summed E-state index contributed by atoms with van der Waals surface area (Å²) < 4.78 is 2.00. The van der Waals surface area contributed by atoms with Gasteiger partial charge in [0.1, 0.15) is 0 Å². The molecule has 4 heteroatoms. The third kappa shape index (κ3) is 4.08. The normalized spacial score (nSPS) is 11.4. The number of hydrogen-bond donors (Lipinski definition) is 0. The van der Waals surface area contributed by atoms with Crippen molar-refractivity contribution in [2.45, 2.75) is 73.0 Å². The van der Waals surface area contributed by atoms with E-state index in [9.17, 15) is 4.79 Å². The molecule has 0 aliphatic carbocycles. The van der Waals surface area contributed by atoms with Gasteiger partial charge in [0.2, 0.25) is 5.91 Å². The van der Waals surface area contributed by atoms with Crippen LogP contribution in [0.1, 0.15) is 51.9 Å². The molecule has 107 valence electrons. The van der Waals surface area contributed by atoms with Crippen molar-refractivity contribution < 1.29 is 4.79 Å². The van der Waals surface area contributed by atoms with Crippen molar-refractivity contribution >= 4 is 5.91 Å². The van der Waals surface area contributed by atoms with Crippen molar-refractivity contribution in [2.75, 3.05) is 0 Å². The summed E-state index contributed by atoms with van der Waals surface area (Å²) in [4.78, 5) is 18.3. The van der Waals surface area contributed by atoms with E-state index < -0.39 is 0 Å². The number of nitrogens with zero attached hydrogens (tertiary/aromatic N) is 3. The van der Waals surface area contributed by atoms with Crippen LogP contribution in [-0.4, -0.2) is 32.4 Å². The zero-order chi connectivity index (χ0) is 14.6. The second-order valence-corrected chi connectivity index (χ2v) is 5.63. The zero-order valence-electron chi connectivity index (χ0n) is 13.0. The van der Waals surface area contributed by atoms with Crippen molar-refractivity contribution in [3.8, 4) is 0 Å². The molecular weight excluding hydrogens is 238 g/mol. The van der Waals surface area contributed by atoms with Gasteiger partial charge >= 0.3 is 0 Å². The molecule has 0 fully saturated rings. The van der Waals surface area contributed by atoms with Gasteiger partial charge in [-0.2, -0.15) is 0 Å². The van der Waals surface area contributed by atoms with Crippen LogP contribution < -0.4 is 0 Å². The maximum absolute atomic E-state index is 12.2. The fourth-order valence-electron chi connectivity index (χ4n) is 2.39. The minimum absolute atomic E-state index is 0.236. The Morgan fingerprint density at radius 3 is 2.26 bits per heavy atom. The average Bonchev–Trinajstić information content (AvgIpc) is 2.59. The number of carbonyl (C=O) groups is 1. The van der Waals surface area contributed by atoms with Gasteiger partial charge in [-0.25, -0.2) is 4.98 Å². The number of carbonyl (C=O) groups excluding carboxylic acids is 1. The molecule has 0 aliphatic rings. The lowest BCUT2D eigenvalue weighted by molar-refractivity contribution is -0.134. The van der Waals surface area contributed by atoms with Crippen molar-refractivity contribution in [3.05, 3.63) is 17.7 Å². The van der Waals surface area contributed by atoms with E-state index in [1.54, 1.807) is 0 Å². The van der Waals surface area contributed by atoms with Gasteiger partial charge in [-0.3, -0.25) is 4.79 Å². The van der Waals surface area contributed by atoms with Crippen LogP contribution in [0.2, 0.25) is 0 Å². The summed E-state index contributed by atoms with van der Waals surface area (Å²) in [6.45, 7) is 13.1. The maximum atomic E-state index is 12.2. The van der Waals surface area contributed by atoms with Crippen LogP contribution in [0.3, 0.4) is 0 Å². The molecule has 0 saturated heterocycles. The molecule has 0 aromatic carbocycles. The molecule has 1 aromatic rings. The fourth-order valence-corrected chi connectivity index (χ4v) is 2.39. The molecule has 0 aliphatic heterocycles. The summed E-state index contributed by atoms with van der Waals surface area (Å²) in [7, 11) is 0. The third-order valence-electron chi connectivity index (χ3n) is 3.44. The summed E-state index contributed by atoms with van der Waals surface area (Å²) in [6, 6.07) is 0.521. The predicted octanol–water partition coefficient (Wildman–Crippen LogP) is 2.73. The Kier molecular flexibility index (Phi) is 5.58. The van der Waals surface area contributed by atoms with Crippen LogP contribution in [0.4, 0.5) is 0 Å². The highest BCUT2D eigenvalue weighted by Gasteiger charge is 2.19. The van der Waals surface area contributed by atoms with Gasteiger partial charge in [-0.15, -0.1) is 0 Å². The van der Waals surface area contributed by atoms with Crippen molar-refractivity contribution in [2.24, 2.45) is 0 Å². The van der Waals surface area contributed by atoms with Crippen molar-refractivity contribution in [3.63, 3.8) is 0 Å². The number of rotatable bonds is 6. The summed E-state index contributed by atoms with van der Waals surface area (Å²) in [6.07, 6.45) is 4.38. The number of hydrogen-bond acceptors (Lipinski definition) is 2. The third-order valence-corrected chi connectivity index (χ3v) is 3.44. The highest BCUT2D eigenvalue weighted by molar-refractivity contribution is 5.76. The smallest absolute Gasteiger partial charge is 0.223 e. The van der Waals surface area contributed by atoms with Crippen LogP contribution in [0.25, 0.3) is 0 Å². The molecule has 1 heterocycles. The first kappa shape index (κ1) is 15.7. The van der Waals surface area contributed by atoms with Gasteiger partial charge in [-0.1, -0.05) is 0 Å². The van der Waals surface area contributed by atoms with Gasteiger partial charge in [0.15, 0.2) is 6.33 Å². The molecule has 1 radical (unpaired) electrons. The lowest BCUT2D eigenvalue weighted by atomic mass is 10.2. The van der Waals surface area contributed by atoms with Crippen LogP contribution in [-0.2, 0) is 11.3 Å². The molecule has 0 spiro atoms. The molecule has 0 unspecified atom stereocenters. The van der Waals surface area contributed by atoms with Crippen LogP contribution in [0, 0.1) is 20.2 Å². The van der Waals surface area contributed by atoms with Gasteiger partial charge in [0.05, 0.1) is 5.69 Å². The quantitative estimate of drug-likeness (QED) is 0.792. The number of imidazole rings is 1. The number of aryl methyl sites for hydroxylation is 2. The first-order valence-electron chi connectivity index (χ1n) is 7.07. The molecule has 0 N–H and O–H groups in total. The van der Waals surface area contributed by atoms with E-state index in [1.165, 1.54) is 0 Å². The zero-order valence-corrected chi connectivity index (χ0v) is 13.0. The summed E-state index contributed by atoms with van der Waals surface area (Å²) in [5.41, 5.74) is 2.15. The van der Waals surface area contributed by atoms with Gasteiger partial charge in [0.25, 0.3) is 0 Å². The Bertz CT molecular complexity index is 413. The Balaban J connectivity index is 2.48. The van der Waals surface area contributed by atoms with Crippen LogP contribution >= 0.6 is 0 Å².